The van der Waals surface area contributed by atoms with Crippen LogP contribution >= 0.6 is 0 Å². The molecule has 23 heavy (non-hydrogen) atoms. The number of nitrogens with zero attached hydrogens (tertiary/aromatic N) is 1. The molecule has 2 N–H and O–H groups in total. The molecule has 0 spiro atoms. The van der Waals surface area contributed by atoms with Crippen LogP contribution in [0.5, 0.6) is 0 Å². The molecular formula is C17H21N3O3. The van der Waals surface area contributed by atoms with E-state index in [1.54, 1.807) is 0 Å². The minimum Gasteiger partial charge on any atom is -0.354 e. The van der Waals surface area contributed by atoms with E-state index in [0.29, 0.717) is 18.9 Å². The number of rotatable bonds is 6. The molecule has 1 saturated carbocycles. The molecule has 1 aromatic carbocycles. The maximum atomic E-state index is 12.8. The largest absolute Gasteiger partial charge is 0.354 e. The van der Waals surface area contributed by atoms with Crippen LogP contribution in [0, 0.1) is 5.92 Å². The van der Waals surface area contributed by atoms with Gasteiger partial charge in [0.1, 0.15) is 12.1 Å². The van der Waals surface area contributed by atoms with Gasteiger partial charge in [-0.15, -0.1) is 0 Å². The lowest BCUT2D eigenvalue weighted by molar-refractivity contribution is -0.135. The molecule has 0 bridgehead atoms. The molecule has 1 heterocycles. The zero-order chi connectivity index (χ0) is 16.4. The third-order valence-corrected chi connectivity index (χ3v) is 4.56. The van der Waals surface area contributed by atoms with Gasteiger partial charge in [-0.25, -0.2) is 4.79 Å². The summed E-state index contributed by atoms with van der Waals surface area (Å²) in [5.74, 6) is -0.0979. The van der Waals surface area contributed by atoms with Crippen LogP contribution in [0.4, 0.5) is 4.79 Å². The van der Waals surface area contributed by atoms with Gasteiger partial charge in [0.25, 0.3) is 5.91 Å². The molecule has 3 rings (SSSR count). The Labute approximate surface area is 135 Å². The highest BCUT2D eigenvalue weighted by molar-refractivity contribution is 6.09. The molecule has 2 aliphatic rings. The number of carbonyl (C=O) groups is 3. The summed E-state index contributed by atoms with van der Waals surface area (Å²) >= 11 is 0. The zero-order valence-corrected chi connectivity index (χ0v) is 13.2. The summed E-state index contributed by atoms with van der Waals surface area (Å²) in [7, 11) is 0. The van der Waals surface area contributed by atoms with Gasteiger partial charge in [0.2, 0.25) is 5.91 Å². The summed E-state index contributed by atoms with van der Waals surface area (Å²) in [5, 5.41) is 5.56. The van der Waals surface area contributed by atoms with E-state index in [2.05, 4.69) is 10.6 Å². The molecule has 1 aliphatic heterocycles. The normalized spacial score (nSPS) is 23.8. The summed E-state index contributed by atoms with van der Waals surface area (Å²) in [6.07, 6.45) is 2.70. The Morgan fingerprint density at radius 1 is 1.30 bits per heavy atom. The molecule has 2 fully saturated rings. The average Bonchev–Trinajstić information content (AvgIpc) is 3.36. The van der Waals surface area contributed by atoms with Gasteiger partial charge < -0.3 is 10.6 Å². The number of benzene rings is 1. The van der Waals surface area contributed by atoms with Crippen LogP contribution < -0.4 is 10.6 Å². The number of urea groups is 1. The maximum Gasteiger partial charge on any atom is 0.325 e. The standard InChI is InChI=1S/C17H21N3O3/c1-2-17(13-6-4-3-5-7-13)15(22)20(16(23)19-17)11-14(21)18-10-12-8-9-12/h3-7,12H,2,8-11H2,1H3,(H,18,21)(H,19,23)/t17-/m1/s1. The van der Waals surface area contributed by atoms with Gasteiger partial charge in [-0.2, -0.15) is 0 Å². The van der Waals surface area contributed by atoms with Crippen molar-refractivity contribution in [2.24, 2.45) is 5.92 Å². The van der Waals surface area contributed by atoms with Gasteiger partial charge in [0.05, 0.1) is 0 Å². The molecule has 1 saturated heterocycles. The Balaban J connectivity index is 1.74. The van der Waals surface area contributed by atoms with E-state index in [1.165, 1.54) is 0 Å². The number of nitrogens with one attached hydrogen (secondary N) is 2. The van der Waals surface area contributed by atoms with Crippen molar-refractivity contribution in [2.75, 3.05) is 13.1 Å². The molecule has 0 aromatic heterocycles. The molecule has 122 valence electrons. The van der Waals surface area contributed by atoms with Crippen LogP contribution in [0.15, 0.2) is 30.3 Å². The van der Waals surface area contributed by atoms with Crippen molar-refractivity contribution in [2.45, 2.75) is 31.7 Å². The maximum absolute atomic E-state index is 12.8. The molecular weight excluding hydrogens is 294 g/mol. The summed E-state index contributed by atoms with van der Waals surface area (Å²) in [6.45, 7) is 2.24. The first-order valence-corrected chi connectivity index (χ1v) is 8.03. The van der Waals surface area contributed by atoms with E-state index < -0.39 is 11.6 Å². The van der Waals surface area contributed by atoms with Gasteiger partial charge in [0, 0.05) is 6.54 Å². The Morgan fingerprint density at radius 2 is 2.00 bits per heavy atom. The third-order valence-electron chi connectivity index (χ3n) is 4.56. The lowest BCUT2D eigenvalue weighted by atomic mass is 9.87. The highest BCUT2D eigenvalue weighted by Crippen LogP contribution is 2.32. The second-order valence-corrected chi connectivity index (χ2v) is 6.19. The van der Waals surface area contributed by atoms with Gasteiger partial charge >= 0.3 is 6.03 Å². The van der Waals surface area contributed by atoms with Gasteiger partial charge in [-0.1, -0.05) is 37.3 Å². The van der Waals surface area contributed by atoms with Crippen LogP contribution in [-0.4, -0.2) is 35.8 Å². The third kappa shape index (κ3) is 2.93. The smallest absolute Gasteiger partial charge is 0.325 e. The Bertz CT molecular complexity index is 627. The minimum atomic E-state index is -1.07. The first-order valence-electron chi connectivity index (χ1n) is 8.03. The van der Waals surface area contributed by atoms with Crippen molar-refractivity contribution in [1.82, 2.24) is 15.5 Å². The first-order chi connectivity index (χ1) is 11.1. The summed E-state index contributed by atoms with van der Waals surface area (Å²) in [5.41, 5.74) is -0.337. The van der Waals surface area contributed by atoms with E-state index in [4.69, 9.17) is 0 Å². The molecule has 6 nitrogen and oxygen atoms in total. The molecule has 6 heteroatoms. The monoisotopic (exact) mass is 315 g/mol. The van der Waals surface area contributed by atoms with Crippen molar-refractivity contribution in [3.8, 4) is 0 Å². The van der Waals surface area contributed by atoms with E-state index in [9.17, 15) is 14.4 Å². The van der Waals surface area contributed by atoms with Gasteiger partial charge in [-0.05, 0) is 30.7 Å². The average molecular weight is 315 g/mol. The van der Waals surface area contributed by atoms with E-state index in [0.717, 1.165) is 23.3 Å². The quantitative estimate of drug-likeness (QED) is 0.778. The molecule has 1 aliphatic carbocycles. The van der Waals surface area contributed by atoms with E-state index in [-0.39, 0.29) is 18.4 Å². The van der Waals surface area contributed by atoms with Gasteiger partial charge in [0.15, 0.2) is 0 Å². The number of amides is 4. The fraction of sp³-hybridized carbons (Fsp3) is 0.471. The van der Waals surface area contributed by atoms with Crippen LogP contribution in [0.3, 0.4) is 0 Å². The van der Waals surface area contributed by atoms with Crippen LogP contribution in [0.25, 0.3) is 0 Å². The molecule has 1 atom stereocenters. The van der Waals surface area contributed by atoms with Crippen molar-refractivity contribution >= 4 is 17.8 Å². The highest BCUT2D eigenvalue weighted by Gasteiger charge is 2.51. The first kappa shape index (κ1) is 15.5. The Hall–Kier alpha value is -2.37. The number of imide groups is 1. The van der Waals surface area contributed by atoms with Crippen molar-refractivity contribution in [1.29, 1.82) is 0 Å². The summed E-state index contributed by atoms with van der Waals surface area (Å²) in [6, 6.07) is 8.64. The number of hydrogen-bond donors (Lipinski definition) is 2. The summed E-state index contributed by atoms with van der Waals surface area (Å²) < 4.78 is 0. The van der Waals surface area contributed by atoms with Crippen LogP contribution in [0.1, 0.15) is 31.7 Å². The highest BCUT2D eigenvalue weighted by atomic mass is 16.2. The second-order valence-electron chi connectivity index (χ2n) is 6.19. The fourth-order valence-corrected chi connectivity index (χ4v) is 2.91. The van der Waals surface area contributed by atoms with Crippen LogP contribution in [-0.2, 0) is 15.1 Å². The summed E-state index contributed by atoms with van der Waals surface area (Å²) in [4.78, 5) is 38.0. The van der Waals surface area contributed by atoms with Crippen molar-refractivity contribution < 1.29 is 14.4 Å². The molecule has 1 aromatic rings. The lowest BCUT2D eigenvalue weighted by Crippen LogP contribution is -2.45. The van der Waals surface area contributed by atoms with E-state index in [1.807, 2.05) is 37.3 Å². The predicted octanol–water partition coefficient (Wildman–Crippen LogP) is 1.37. The lowest BCUT2D eigenvalue weighted by Gasteiger charge is -2.25. The molecule has 0 unspecified atom stereocenters. The predicted molar refractivity (Wildman–Crippen MR) is 84.4 cm³/mol. The topological polar surface area (TPSA) is 78.5 Å². The van der Waals surface area contributed by atoms with Crippen molar-refractivity contribution in [3.63, 3.8) is 0 Å². The van der Waals surface area contributed by atoms with Crippen molar-refractivity contribution in [3.05, 3.63) is 35.9 Å². The van der Waals surface area contributed by atoms with Crippen LogP contribution in [0.2, 0.25) is 0 Å². The molecule has 4 amide bonds. The number of carbonyl (C=O) groups excluding carboxylic acids is 3. The Kier molecular flexibility index (Phi) is 4.07. The SMILES string of the molecule is CC[C@]1(c2ccccc2)NC(=O)N(CC(=O)NCC2CC2)C1=O. The number of hydrogen-bond acceptors (Lipinski definition) is 3. The van der Waals surface area contributed by atoms with E-state index >= 15 is 0 Å². The minimum absolute atomic E-state index is 0.230. The second kappa shape index (κ2) is 6.02. The fourth-order valence-electron chi connectivity index (χ4n) is 2.91. The van der Waals surface area contributed by atoms with Gasteiger partial charge in [-0.3, -0.25) is 14.5 Å². The molecule has 0 radical (unpaired) electrons. The Morgan fingerprint density at radius 3 is 2.61 bits per heavy atom. The zero-order valence-electron chi connectivity index (χ0n) is 13.2.